The first kappa shape index (κ1) is 15.8. The van der Waals surface area contributed by atoms with Gasteiger partial charge in [0, 0.05) is 31.2 Å². The Hall–Kier alpha value is 0.567. The minimum Gasteiger partial charge on any atom is -0.381 e. The minimum absolute atomic E-state index is 0.574. The Bertz CT molecular complexity index is 518. The largest absolute Gasteiger partial charge is 0.381 e. The van der Waals surface area contributed by atoms with Crippen molar-refractivity contribution in [1.82, 2.24) is 4.98 Å². The number of fused-ring (bicyclic) bond motifs is 6. The summed E-state index contributed by atoms with van der Waals surface area (Å²) >= 11 is 0. The predicted octanol–water partition coefficient (Wildman–Crippen LogP) is 4.31. The molecule has 2 aliphatic heterocycles. The molecule has 0 aromatic rings. The molecule has 0 bridgehead atoms. The van der Waals surface area contributed by atoms with Crippen molar-refractivity contribution >= 4 is 14.7 Å². The van der Waals surface area contributed by atoms with Crippen LogP contribution >= 0.6 is 6.81 Å². The molecule has 0 aromatic heterocycles. The van der Waals surface area contributed by atoms with Crippen molar-refractivity contribution in [3.8, 4) is 0 Å². The van der Waals surface area contributed by atoms with Crippen LogP contribution in [0, 0.1) is 23.7 Å². The summed E-state index contributed by atoms with van der Waals surface area (Å²) in [6.07, 6.45) is 11.0. The Balaban J connectivity index is 1.59. The van der Waals surface area contributed by atoms with E-state index in [1.807, 2.05) is 7.11 Å². The summed E-state index contributed by atoms with van der Waals surface area (Å²) in [5, 5.41) is 0. The highest BCUT2D eigenvalue weighted by Gasteiger charge is 2.89. The third-order valence-corrected chi connectivity index (χ3v) is 28.5. The van der Waals surface area contributed by atoms with Crippen molar-refractivity contribution in [2.45, 2.75) is 74.5 Å². The molecule has 0 aromatic carbocycles. The van der Waals surface area contributed by atoms with E-state index in [0.29, 0.717) is 6.10 Å². The maximum atomic E-state index is 5.85. The lowest BCUT2D eigenvalue weighted by molar-refractivity contribution is 0.0337. The summed E-state index contributed by atoms with van der Waals surface area (Å²) in [5.74, 6) is 4.36. The second-order valence-electron chi connectivity index (χ2n) is 9.65. The van der Waals surface area contributed by atoms with E-state index < -0.39 is 14.7 Å². The first-order chi connectivity index (χ1) is 11.1. The first-order valence-corrected chi connectivity index (χ1v) is 15.9. The first-order valence-electron chi connectivity index (χ1n) is 10.2. The standard InChI is InChI=1S/C19H35NOPSi/c1-20-23(4)19-14-8-6-5-7-13(14)17-15-11-12(21-2)9-10-16(15)22(23,3)18(17)19/h12-20H,5-11H2,1-4H3/q+1. The van der Waals surface area contributed by atoms with Crippen molar-refractivity contribution in [3.05, 3.63) is 0 Å². The van der Waals surface area contributed by atoms with Gasteiger partial charge in [0.1, 0.15) is 0 Å². The van der Waals surface area contributed by atoms with Gasteiger partial charge in [-0.15, -0.1) is 0 Å². The van der Waals surface area contributed by atoms with Gasteiger partial charge in [-0.2, -0.15) is 0 Å². The number of rotatable bonds is 2. The second kappa shape index (κ2) is 5.06. The molecule has 10 unspecified atom stereocenters. The average Bonchev–Trinajstić information content (AvgIpc) is 3.04. The fourth-order valence-electron chi connectivity index (χ4n) is 8.83. The van der Waals surface area contributed by atoms with Crippen LogP contribution in [0.2, 0.25) is 12.1 Å². The zero-order chi connectivity index (χ0) is 16.0. The summed E-state index contributed by atoms with van der Waals surface area (Å²) in [5.41, 5.74) is 3.45. The van der Waals surface area contributed by atoms with E-state index >= 15 is 0 Å². The topological polar surface area (TPSA) is 21.3 Å². The highest BCUT2D eigenvalue weighted by Crippen LogP contribution is 2.96. The quantitative estimate of drug-likeness (QED) is 0.590. The number of nitrogens with one attached hydrogen (secondary N) is 1. The van der Waals surface area contributed by atoms with E-state index in [-0.39, 0.29) is 0 Å². The molecule has 5 aliphatic rings. The number of ether oxygens (including phenoxy) is 1. The Kier molecular flexibility index (Phi) is 3.47. The molecule has 0 radical (unpaired) electrons. The molecule has 3 saturated carbocycles. The maximum absolute atomic E-state index is 5.85. The van der Waals surface area contributed by atoms with Gasteiger partial charge in [-0.25, -0.2) is 0 Å². The zero-order valence-electron chi connectivity index (χ0n) is 15.4. The van der Waals surface area contributed by atoms with E-state index in [4.69, 9.17) is 4.74 Å². The predicted molar refractivity (Wildman–Crippen MR) is 102 cm³/mol. The molecule has 2 heterocycles. The third kappa shape index (κ3) is 1.63. The normalized spacial score (nSPS) is 63.1. The Labute approximate surface area is 143 Å². The highest BCUT2D eigenvalue weighted by atomic mass is 31.4. The minimum atomic E-state index is -1.24. The lowest BCUT2D eigenvalue weighted by Gasteiger charge is -2.59. The number of hydrogen-bond acceptors (Lipinski definition) is 2. The highest BCUT2D eigenvalue weighted by molar-refractivity contribution is 8.11. The lowest BCUT2D eigenvalue weighted by atomic mass is 9.69. The molecule has 3 aliphatic carbocycles. The van der Waals surface area contributed by atoms with Gasteiger partial charge in [0.05, 0.1) is 17.4 Å². The number of methoxy groups -OCH3 is 1. The van der Waals surface area contributed by atoms with E-state index in [1.54, 1.807) is 12.8 Å². The van der Waals surface area contributed by atoms with E-state index in [9.17, 15) is 0 Å². The Morgan fingerprint density at radius 1 is 1.04 bits per heavy atom. The molecule has 0 amide bonds. The fraction of sp³-hybridized carbons (Fsp3) is 1.00. The average molecular weight is 353 g/mol. The molecule has 5 rings (SSSR count). The molecule has 23 heavy (non-hydrogen) atoms. The van der Waals surface area contributed by atoms with Crippen molar-refractivity contribution in [2.24, 2.45) is 23.7 Å². The van der Waals surface area contributed by atoms with Crippen molar-refractivity contribution < 1.29 is 4.74 Å². The van der Waals surface area contributed by atoms with Gasteiger partial charge in [-0.05, 0) is 64.3 Å². The summed E-state index contributed by atoms with van der Waals surface area (Å²) in [7, 11) is 3.06. The van der Waals surface area contributed by atoms with E-state index in [2.05, 4.69) is 25.2 Å². The number of hydrogen-bond donors (Lipinski definition) is 1. The Morgan fingerprint density at radius 2 is 1.78 bits per heavy atom. The van der Waals surface area contributed by atoms with Gasteiger partial charge in [0.15, 0.2) is 0 Å². The molecule has 4 heteroatoms. The maximum Gasteiger partial charge on any atom is 0.309 e. The molecule has 0 spiro atoms. The molecule has 1 N–H and O–H groups in total. The smallest absolute Gasteiger partial charge is 0.309 e. The van der Waals surface area contributed by atoms with Crippen LogP contribution in [0.5, 0.6) is 0 Å². The van der Waals surface area contributed by atoms with Gasteiger partial charge in [0.2, 0.25) is 0 Å². The van der Waals surface area contributed by atoms with Crippen LogP contribution in [-0.4, -0.2) is 46.1 Å². The van der Waals surface area contributed by atoms with Gasteiger partial charge in [-0.3, -0.25) is 0 Å². The SMILES string of the molecule is CN[Si]1(C)C2C3CCCCC3C3C4CC(OC)CCC4[P+]1(C)C32. The molecule has 2 nitrogen and oxygen atoms in total. The van der Waals surface area contributed by atoms with Crippen LogP contribution in [0.25, 0.3) is 0 Å². The van der Waals surface area contributed by atoms with Crippen LogP contribution in [-0.2, 0) is 4.74 Å². The monoisotopic (exact) mass is 352 g/mol. The van der Waals surface area contributed by atoms with Gasteiger partial charge >= 0.3 is 7.90 Å². The second-order valence-corrected chi connectivity index (χ2v) is 22.3. The molecule has 2 saturated heterocycles. The van der Waals surface area contributed by atoms with Crippen LogP contribution in [0.15, 0.2) is 0 Å². The van der Waals surface area contributed by atoms with Crippen LogP contribution in [0.4, 0.5) is 0 Å². The fourth-order valence-corrected chi connectivity index (χ4v) is 29.0. The van der Waals surface area contributed by atoms with Crippen LogP contribution in [0.1, 0.15) is 44.9 Å². The third-order valence-electron chi connectivity index (χ3n) is 9.70. The van der Waals surface area contributed by atoms with Gasteiger partial charge < -0.3 is 9.72 Å². The molecule has 130 valence electrons. The van der Waals surface area contributed by atoms with Gasteiger partial charge in [-0.1, -0.05) is 12.8 Å². The van der Waals surface area contributed by atoms with Crippen molar-refractivity contribution in [3.63, 3.8) is 0 Å². The van der Waals surface area contributed by atoms with Crippen molar-refractivity contribution in [2.75, 3.05) is 20.8 Å². The van der Waals surface area contributed by atoms with Crippen molar-refractivity contribution in [1.29, 1.82) is 0 Å². The van der Waals surface area contributed by atoms with Crippen LogP contribution < -0.4 is 4.98 Å². The lowest BCUT2D eigenvalue weighted by Crippen LogP contribution is -2.66. The summed E-state index contributed by atoms with van der Waals surface area (Å²) < 4.78 is 5.85. The summed E-state index contributed by atoms with van der Waals surface area (Å²) in [6, 6.07) is 0. The molecular weight excluding hydrogens is 317 g/mol. The van der Waals surface area contributed by atoms with Gasteiger partial charge in [0.25, 0.3) is 0 Å². The van der Waals surface area contributed by atoms with Crippen LogP contribution in [0.3, 0.4) is 0 Å². The summed E-state index contributed by atoms with van der Waals surface area (Å²) in [4.78, 5) is 4.07. The molecule has 10 atom stereocenters. The molecule has 5 fully saturated rings. The zero-order valence-corrected chi connectivity index (χ0v) is 17.3. The Morgan fingerprint density at radius 3 is 2.48 bits per heavy atom. The summed E-state index contributed by atoms with van der Waals surface area (Å²) in [6.45, 7) is 4.88. The van der Waals surface area contributed by atoms with E-state index in [1.165, 1.54) is 37.8 Å². The molecular formula is C19H35NOPSi+. The van der Waals surface area contributed by atoms with E-state index in [0.717, 1.165) is 34.9 Å².